The molecule has 0 saturated carbocycles. The molecule has 0 bridgehead atoms. The van der Waals surface area contributed by atoms with Crippen molar-refractivity contribution >= 4 is 11.9 Å². The van der Waals surface area contributed by atoms with Gasteiger partial charge in [-0.05, 0) is 76.6 Å². The van der Waals surface area contributed by atoms with Gasteiger partial charge in [-0.1, -0.05) is 100 Å². The smallest absolute Gasteiger partial charge is 0.335 e. The molecule has 0 amide bonds. The lowest BCUT2D eigenvalue weighted by atomic mass is 9.91. The fourth-order valence-electron chi connectivity index (χ4n) is 5.49. The Morgan fingerprint density at radius 2 is 1.10 bits per heavy atom. The molecular formula is C43H47FO8. The van der Waals surface area contributed by atoms with Gasteiger partial charge in [0.2, 0.25) is 0 Å². The fourth-order valence-corrected chi connectivity index (χ4v) is 5.49. The van der Waals surface area contributed by atoms with E-state index in [1.165, 1.54) is 19.3 Å². The number of halogens is 1. The molecule has 4 aromatic rings. The largest absolute Gasteiger partial charge is 0.490 e. The molecule has 0 fully saturated rings. The monoisotopic (exact) mass is 710 g/mol. The van der Waals surface area contributed by atoms with Crippen molar-refractivity contribution in [1.82, 2.24) is 0 Å². The van der Waals surface area contributed by atoms with Crippen LogP contribution < -0.4 is 9.47 Å². The Bertz CT molecular complexity index is 1800. The maximum atomic E-state index is 15.7. The van der Waals surface area contributed by atoms with Crippen LogP contribution in [0.5, 0.6) is 11.5 Å². The van der Waals surface area contributed by atoms with Gasteiger partial charge < -0.3 is 29.2 Å². The summed E-state index contributed by atoms with van der Waals surface area (Å²) in [6.45, 7) is 8.48. The molecule has 0 aromatic heterocycles. The third kappa shape index (κ3) is 11.6. The van der Waals surface area contributed by atoms with E-state index in [1.807, 2.05) is 36.4 Å². The first kappa shape index (κ1) is 39.5. The van der Waals surface area contributed by atoms with Crippen molar-refractivity contribution in [2.75, 3.05) is 39.6 Å². The number of carbonyl (C=O) groups is 2. The second kappa shape index (κ2) is 20.6. The van der Waals surface area contributed by atoms with Gasteiger partial charge in [0.15, 0.2) is 0 Å². The van der Waals surface area contributed by atoms with Crippen LogP contribution in [0.25, 0.3) is 33.4 Å². The quantitative estimate of drug-likeness (QED) is 0.0505. The van der Waals surface area contributed by atoms with E-state index in [-0.39, 0.29) is 43.4 Å². The molecule has 0 saturated heterocycles. The summed E-state index contributed by atoms with van der Waals surface area (Å²) in [5, 5.41) is 17.9. The van der Waals surface area contributed by atoms with Gasteiger partial charge in [0.25, 0.3) is 0 Å². The molecule has 8 nitrogen and oxygen atoms in total. The Balaban J connectivity index is 1.44. The lowest BCUT2D eigenvalue weighted by Crippen LogP contribution is -2.14. The number of aliphatic hydroxyl groups is 2. The second-order valence-corrected chi connectivity index (χ2v) is 12.3. The van der Waals surface area contributed by atoms with E-state index in [4.69, 9.17) is 29.2 Å². The maximum Gasteiger partial charge on any atom is 0.335 e. The second-order valence-electron chi connectivity index (χ2n) is 12.3. The summed E-state index contributed by atoms with van der Waals surface area (Å²) >= 11 is 0. The minimum absolute atomic E-state index is 0.00402. The molecule has 274 valence electrons. The average Bonchev–Trinajstić information content (AvgIpc) is 3.17. The van der Waals surface area contributed by atoms with Crippen LogP contribution in [0.4, 0.5) is 4.39 Å². The maximum absolute atomic E-state index is 15.7. The van der Waals surface area contributed by atoms with Crippen molar-refractivity contribution in [2.45, 2.75) is 45.4 Å². The van der Waals surface area contributed by atoms with Crippen molar-refractivity contribution < 1.29 is 43.1 Å². The molecule has 0 spiro atoms. The van der Waals surface area contributed by atoms with Crippen LogP contribution in [0, 0.1) is 5.82 Å². The molecule has 0 radical (unpaired) electrons. The lowest BCUT2D eigenvalue weighted by molar-refractivity contribution is -0.141. The van der Waals surface area contributed by atoms with E-state index in [1.54, 1.807) is 36.4 Å². The third-order valence-electron chi connectivity index (χ3n) is 8.42. The molecule has 0 aliphatic rings. The van der Waals surface area contributed by atoms with E-state index in [9.17, 15) is 9.59 Å². The van der Waals surface area contributed by atoms with Gasteiger partial charge >= 0.3 is 11.9 Å². The zero-order chi connectivity index (χ0) is 37.3. The van der Waals surface area contributed by atoms with Gasteiger partial charge in [-0.2, -0.15) is 0 Å². The summed E-state index contributed by atoms with van der Waals surface area (Å²) in [6, 6.07) is 26.4. The Morgan fingerprint density at radius 1 is 0.596 bits per heavy atom. The van der Waals surface area contributed by atoms with Crippen LogP contribution >= 0.6 is 0 Å². The van der Waals surface area contributed by atoms with Gasteiger partial charge in [-0.25, -0.2) is 14.0 Å². The topological polar surface area (TPSA) is 112 Å². The van der Waals surface area contributed by atoms with Crippen molar-refractivity contribution in [3.8, 4) is 44.9 Å². The van der Waals surface area contributed by atoms with Gasteiger partial charge in [0, 0.05) is 5.56 Å². The van der Waals surface area contributed by atoms with Crippen LogP contribution in [0.2, 0.25) is 0 Å². The number of hydrogen-bond acceptors (Lipinski definition) is 8. The summed E-state index contributed by atoms with van der Waals surface area (Å²) in [6.07, 6.45) is 6.60. The van der Waals surface area contributed by atoms with Gasteiger partial charge in [0.05, 0.1) is 24.4 Å². The van der Waals surface area contributed by atoms with E-state index in [0.29, 0.717) is 22.6 Å². The fraction of sp³-hybridized carbons (Fsp3) is 0.302. The minimum atomic E-state index is -0.671. The van der Waals surface area contributed by atoms with Crippen molar-refractivity contribution in [3.05, 3.63) is 121 Å². The van der Waals surface area contributed by atoms with Crippen LogP contribution in [-0.2, 0) is 25.5 Å². The van der Waals surface area contributed by atoms with Crippen molar-refractivity contribution in [1.29, 1.82) is 0 Å². The standard InChI is InChI=1S/C43H47FO8/c1-4-5-6-7-8-9-35-26-34(32-10-16-37(17-11-32)49-22-24-51-42(47)30(2)28-45)14-20-39(35)36-15-21-40(41(44)27-36)33-12-18-38(19-13-33)50-23-25-52-43(48)31(3)29-46/h10-21,26-27,45-46H,2-9,22-25,28-29H2,1H3. The van der Waals surface area contributed by atoms with E-state index in [2.05, 4.69) is 32.2 Å². The Labute approximate surface area is 305 Å². The van der Waals surface area contributed by atoms with Gasteiger partial charge in [-0.3, -0.25) is 0 Å². The summed E-state index contributed by atoms with van der Waals surface area (Å²) < 4.78 is 37.0. The number of aryl methyl sites for hydroxylation is 1. The number of rotatable bonds is 21. The number of benzene rings is 4. The first-order valence-corrected chi connectivity index (χ1v) is 17.5. The number of unbranched alkanes of at least 4 members (excludes halogenated alkanes) is 4. The van der Waals surface area contributed by atoms with E-state index < -0.39 is 25.2 Å². The number of aliphatic hydroxyl groups excluding tert-OH is 2. The Kier molecular flexibility index (Phi) is 15.6. The summed E-state index contributed by atoms with van der Waals surface area (Å²) in [5.74, 6) is -0.464. The summed E-state index contributed by atoms with van der Waals surface area (Å²) in [5.41, 5.74) is 6.16. The van der Waals surface area contributed by atoms with E-state index in [0.717, 1.165) is 47.1 Å². The van der Waals surface area contributed by atoms with Gasteiger partial charge in [-0.15, -0.1) is 0 Å². The van der Waals surface area contributed by atoms with Crippen LogP contribution in [0.15, 0.2) is 109 Å². The lowest BCUT2D eigenvalue weighted by Gasteiger charge is -2.15. The summed E-state index contributed by atoms with van der Waals surface area (Å²) in [7, 11) is 0. The number of ether oxygens (including phenoxy) is 4. The highest BCUT2D eigenvalue weighted by atomic mass is 19.1. The molecule has 0 aliphatic heterocycles. The number of hydrogen-bond donors (Lipinski definition) is 2. The Morgan fingerprint density at radius 3 is 1.63 bits per heavy atom. The molecule has 52 heavy (non-hydrogen) atoms. The zero-order valence-electron chi connectivity index (χ0n) is 29.7. The molecule has 9 heteroatoms. The van der Waals surface area contributed by atoms with Crippen LogP contribution in [0.1, 0.15) is 44.6 Å². The predicted octanol–water partition coefficient (Wildman–Crippen LogP) is 8.28. The third-order valence-corrected chi connectivity index (χ3v) is 8.42. The van der Waals surface area contributed by atoms with E-state index >= 15 is 4.39 Å². The highest BCUT2D eigenvalue weighted by Gasteiger charge is 2.13. The molecule has 4 aromatic carbocycles. The predicted molar refractivity (Wildman–Crippen MR) is 201 cm³/mol. The molecule has 0 atom stereocenters. The molecular weight excluding hydrogens is 663 g/mol. The molecule has 4 rings (SSSR count). The first-order valence-electron chi connectivity index (χ1n) is 17.5. The highest BCUT2D eigenvalue weighted by Crippen LogP contribution is 2.34. The normalized spacial score (nSPS) is 10.8. The van der Waals surface area contributed by atoms with Crippen molar-refractivity contribution in [2.24, 2.45) is 0 Å². The number of esters is 2. The van der Waals surface area contributed by atoms with Crippen molar-refractivity contribution in [3.63, 3.8) is 0 Å². The highest BCUT2D eigenvalue weighted by molar-refractivity contribution is 5.88. The molecule has 0 aliphatic carbocycles. The zero-order valence-corrected chi connectivity index (χ0v) is 29.7. The number of carbonyl (C=O) groups excluding carboxylic acids is 2. The summed E-state index contributed by atoms with van der Waals surface area (Å²) in [4.78, 5) is 23.2. The molecule has 2 N–H and O–H groups in total. The first-order chi connectivity index (χ1) is 25.2. The van der Waals surface area contributed by atoms with Crippen LogP contribution in [-0.4, -0.2) is 61.8 Å². The van der Waals surface area contributed by atoms with Gasteiger partial charge in [0.1, 0.15) is 43.7 Å². The SMILES string of the molecule is C=C(CO)C(=O)OCCOc1ccc(-c2ccc(-c3ccc(-c4ccc(OCCOC(=O)C(=C)CO)cc4)c(F)c3)c(CCCCCCC)c2)cc1. The minimum Gasteiger partial charge on any atom is -0.490 e. The molecule has 0 unspecified atom stereocenters. The molecule has 0 heterocycles. The average molecular weight is 711 g/mol. The van der Waals surface area contributed by atoms with Crippen LogP contribution in [0.3, 0.4) is 0 Å². The Hall–Kier alpha value is -5.25.